The van der Waals surface area contributed by atoms with E-state index < -0.39 is 0 Å². The molecule has 0 aromatic heterocycles. The number of hydrogen-bond donors (Lipinski definition) is 1. The van der Waals surface area contributed by atoms with Crippen LogP contribution in [0.25, 0.3) is 0 Å². The van der Waals surface area contributed by atoms with Gasteiger partial charge in [-0.15, -0.1) is 0 Å². The Balaban J connectivity index is 2.53. The van der Waals surface area contributed by atoms with Gasteiger partial charge in [0.15, 0.2) is 0 Å². The highest BCUT2D eigenvalue weighted by atomic mass is 35.5. The lowest BCUT2D eigenvalue weighted by atomic mass is 10.00. The smallest absolute Gasteiger partial charge is 0.129 e. The van der Waals surface area contributed by atoms with Gasteiger partial charge in [0, 0.05) is 22.4 Å². The summed E-state index contributed by atoms with van der Waals surface area (Å²) in [5.74, 6) is 1.45. The van der Waals surface area contributed by atoms with E-state index in [2.05, 4.69) is 0 Å². The molecule has 0 aliphatic carbocycles. The van der Waals surface area contributed by atoms with Crippen LogP contribution in [0.2, 0.25) is 5.02 Å². The first-order valence-electron chi connectivity index (χ1n) is 4.49. The largest absolute Gasteiger partial charge is 0.324 e. The molecule has 0 fully saturated rings. The number of fused-ring (bicyclic) bond motifs is 1. The summed E-state index contributed by atoms with van der Waals surface area (Å²) >= 11 is 7.52. The summed E-state index contributed by atoms with van der Waals surface area (Å²) in [5, 5.41) is 0.434. The van der Waals surface area contributed by atoms with Crippen LogP contribution in [-0.2, 0) is 5.75 Å². The van der Waals surface area contributed by atoms with Crippen LogP contribution in [0.5, 0.6) is 0 Å². The van der Waals surface area contributed by atoms with Crippen molar-refractivity contribution in [3.63, 3.8) is 0 Å². The van der Waals surface area contributed by atoms with Crippen molar-refractivity contribution in [1.82, 2.24) is 0 Å². The van der Waals surface area contributed by atoms with Crippen molar-refractivity contribution in [2.75, 3.05) is 5.75 Å². The van der Waals surface area contributed by atoms with E-state index >= 15 is 0 Å². The minimum absolute atomic E-state index is 0.0757. The Bertz CT molecular complexity index is 356. The molecule has 4 heteroatoms. The Hall–Kier alpha value is -0.250. The minimum atomic E-state index is -0.225. The Morgan fingerprint density at radius 2 is 2.29 bits per heavy atom. The third-order valence-corrected chi connectivity index (χ3v) is 3.65. The average Bonchev–Trinajstić information content (AvgIpc) is 2.29. The van der Waals surface area contributed by atoms with Crippen molar-refractivity contribution in [1.29, 1.82) is 0 Å². The van der Waals surface area contributed by atoms with E-state index in [1.807, 2.05) is 0 Å². The molecule has 0 saturated carbocycles. The second-order valence-corrected chi connectivity index (χ2v) is 4.94. The van der Waals surface area contributed by atoms with Crippen molar-refractivity contribution in [2.45, 2.75) is 18.2 Å². The number of halogens is 2. The summed E-state index contributed by atoms with van der Waals surface area (Å²) in [4.78, 5) is 0. The van der Waals surface area contributed by atoms with Crippen molar-refractivity contribution in [2.24, 2.45) is 5.73 Å². The van der Waals surface area contributed by atoms with Gasteiger partial charge in [0.25, 0.3) is 0 Å². The molecule has 0 bridgehead atoms. The van der Waals surface area contributed by atoms with Crippen LogP contribution in [0.4, 0.5) is 4.39 Å². The van der Waals surface area contributed by atoms with Crippen molar-refractivity contribution in [3.8, 4) is 0 Å². The molecule has 14 heavy (non-hydrogen) atoms. The van der Waals surface area contributed by atoms with E-state index in [1.54, 1.807) is 17.8 Å². The second kappa shape index (κ2) is 4.09. The van der Waals surface area contributed by atoms with E-state index in [9.17, 15) is 4.39 Å². The van der Waals surface area contributed by atoms with Gasteiger partial charge in [-0.25, -0.2) is 4.39 Å². The van der Waals surface area contributed by atoms with Gasteiger partial charge < -0.3 is 5.73 Å². The van der Waals surface area contributed by atoms with Crippen LogP contribution in [0, 0.1) is 5.82 Å². The first-order valence-corrected chi connectivity index (χ1v) is 6.03. The van der Waals surface area contributed by atoms with Gasteiger partial charge in [-0.05, 0) is 29.9 Å². The monoisotopic (exact) mass is 231 g/mol. The van der Waals surface area contributed by atoms with Crippen molar-refractivity contribution >= 4 is 23.4 Å². The number of rotatable bonds is 0. The van der Waals surface area contributed by atoms with E-state index in [0.717, 1.165) is 23.3 Å². The predicted molar refractivity (Wildman–Crippen MR) is 59.1 cm³/mol. The molecular formula is C10H11ClFNS. The lowest BCUT2D eigenvalue weighted by molar-refractivity contribution is 0.606. The molecule has 2 N–H and O–H groups in total. The van der Waals surface area contributed by atoms with E-state index in [0.29, 0.717) is 10.8 Å². The molecule has 1 heterocycles. The zero-order valence-electron chi connectivity index (χ0n) is 7.59. The molecule has 1 atom stereocenters. The topological polar surface area (TPSA) is 26.0 Å². The number of benzene rings is 1. The predicted octanol–water partition coefficient (Wildman–Crippen LogP) is 3.12. The maximum Gasteiger partial charge on any atom is 0.129 e. The van der Waals surface area contributed by atoms with Gasteiger partial charge in [-0.2, -0.15) is 11.8 Å². The molecule has 76 valence electrons. The highest BCUT2D eigenvalue weighted by molar-refractivity contribution is 7.98. The maximum absolute atomic E-state index is 13.5. The summed E-state index contributed by atoms with van der Waals surface area (Å²) < 4.78 is 13.5. The zero-order valence-corrected chi connectivity index (χ0v) is 9.17. The number of thioether (sulfide) groups is 1. The second-order valence-electron chi connectivity index (χ2n) is 3.40. The molecule has 0 spiro atoms. The summed E-state index contributed by atoms with van der Waals surface area (Å²) in [6.45, 7) is 0. The van der Waals surface area contributed by atoms with Gasteiger partial charge in [-0.3, -0.25) is 0 Å². The molecule has 0 amide bonds. The average molecular weight is 232 g/mol. The maximum atomic E-state index is 13.5. The SMILES string of the molecule is NC1CCSCc2c(F)cc(Cl)cc21. The van der Waals surface area contributed by atoms with Crippen LogP contribution in [0.1, 0.15) is 23.6 Å². The fraction of sp³-hybridized carbons (Fsp3) is 0.400. The van der Waals surface area contributed by atoms with Gasteiger partial charge >= 0.3 is 0 Å². The van der Waals surface area contributed by atoms with Gasteiger partial charge in [0.2, 0.25) is 0 Å². The molecule has 1 aromatic carbocycles. The van der Waals surface area contributed by atoms with E-state index in [-0.39, 0.29) is 11.9 Å². The Labute approximate surface area is 91.8 Å². The Morgan fingerprint density at radius 1 is 1.50 bits per heavy atom. The number of nitrogens with two attached hydrogens (primary N) is 1. The van der Waals surface area contributed by atoms with Gasteiger partial charge in [-0.1, -0.05) is 11.6 Å². The van der Waals surface area contributed by atoms with Crippen molar-refractivity contribution < 1.29 is 4.39 Å². The number of hydrogen-bond acceptors (Lipinski definition) is 2. The van der Waals surface area contributed by atoms with Gasteiger partial charge in [0.05, 0.1) is 0 Å². The zero-order chi connectivity index (χ0) is 10.1. The molecule has 1 nitrogen and oxygen atoms in total. The third-order valence-electron chi connectivity index (χ3n) is 2.41. The normalized spacial score (nSPS) is 21.5. The highest BCUT2D eigenvalue weighted by Gasteiger charge is 2.19. The molecule has 1 unspecified atom stereocenters. The van der Waals surface area contributed by atoms with Crippen LogP contribution in [0.3, 0.4) is 0 Å². The Morgan fingerprint density at radius 3 is 3.07 bits per heavy atom. The molecule has 1 aliphatic rings. The summed E-state index contributed by atoms with van der Waals surface area (Å²) in [5.41, 5.74) is 7.55. The highest BCUT2D eigenvalue weighted by Crippen LogP contribution is 2.32. The minimum Gasteiger partial charge on any atom is -0.324 e. The summed E-state index contributed by atoms with van der Waals surface area (Å²) in [7, 11) is 0. The first kappa shape index (κ1) is 10.3. The Kier molecular flexibility index (Phi) is 3.00. The summed E-state index contributed by atoms with van der Waals surface area (Å²) in [6, 6.07) is 3.07. The molecule has 1 aliphatic heterocycles. The third kappa shape index (κ3) is 1.90. The van der Waals surface area contributed by atoms with E-state index in [4.69, 9.17) is 17.3 Å². The molecular weight excluding hydrogens is 221 g/mol. The standard InChI is InChI=1S/C10H11ClFNS/c11-6-3-7-8(9(12)4-6)5-14-2-1-10(7)13/h3-4,10H,1-2,5,13H2. The van der Waals surface area contributed by atoms with Crippen LogP contribution in [0.15, 0.2) is 12.1 Å². The fourth-order valence-electron chi connectivity index (χ4n) is 1.65. The van der Waals surface area contributed by atoms with Crippen molar-refractivity contribution in [3.05, 3.63) is 34.1 Å². The van der Waals surface area contributed by atoms with Crippen LogP contribution >= 0.6 is 23.4 Å². The van der Waals surface area contributed by atoms with Gasteiger partial charge in [0.1, 0.15) is 5.82 Å². The quantitative estimate of drug-likeness (QED) is 0.743. The fourth-order valence-corrected chi connectivity index (χ4v) is 2.93. The molecule has 1 aromatic rings. The lowest BCUT2D eigenvalue weighted by Crippen LogP contribution is -2.12. The van der Waals surface area contributed by atoms with Crippen LogP contribution in [-0.4, -0.2) is 5.75 Å². The molecule has 0 radical (unpaired) electrons. The molecule has 2 rings (SSSR count). The van der Waals surface area contributed by atoms with Crippen LogP contribution < -0.4 is 5.73 Å². The first-order chi connectivity index (χ1) is 6.68. The lowest BCUT2D eigenvalue weighted by Gasteiger charge is -2.12. The molecule has 0 saturated heterocycles. The summed E-state index contributed by atoms with van der Waals surface area (Å²) in [6.07, 6.45) is 0.886. The van der Waals surface area contributed by atoms with E-state index in [1.165, 1.54) is 6.07 Å².